The van der Waals surface area contributed by atoms with Crippen molar-refractivity contribution in [2.45, 2.75) is 31.6 Å². The predicted molar refractivity (Wildman–Crippen MR) is 105 cm³/mol. The first-order chi connectivity index (χ1) is 13.2. The number of sulfonamides is 1. The van der Waals surface area contributed by atoms with Crippen LogP contribution in [-0.2, 0) is 10.0 Å². The average molecular weight is 403 g/mol. The molecule has 28 heavy (non-hydrogen) atoms. The van der Waals surface area contributed by atoms with Gasteiger partial charge in [-0.2, -0.15) is 0 Å². The molecule has 1 fully saturated rings. The van der Waals surface area contributed by atoms with Crippen molar-refractivity contribution in [1.29, 1.82) is 0 Å². The number of aryl methyl sites for hydroxylation is 2. The Labute approximate surface area is 163 Å². The molecule has 2 aromatic rings. The molecule has 9 heteroatoms. The predicted octanol–water partition coefficient (Wildman–Crippen LogP) is 3.25. The molecule has 1 N–H and O–H groups in total. The number of para-hydroxylation sites is 1. The van der Waals surface area contributed by atoms with Crippen LogP contribution in [0, 0.1) is 24.0 Å². The van der Waals surface area contributed by atoms with E-state index in [9.17, 15) is 23.3 Å². The molecule has 0 unspecified atom stereocenters. The Balaban J connectivity index is 2.07. The minimum Gasteiger partial charge on any atom is -0.339 e. The minimum atomic E-state index is -4.28. The van der Waals surface area contributed by atoms with E-state index in [2.05, 4.69) is 4.72 Å². The van der Waals surface area contributed by atoms with Crippen molar-refractivity contribution in [2.75, 3.05) is 17.8 Å². The SMILES string of the molecule is Cc1cccc(C(=O)N2CCCC2)c1NS(=O)(=O)c1c(C)cccc1[N+](=O)[O-]. The summed E-state index contributed by atoms with van der Waals surface area (Å²) in [5.41, 5.74) is 0.694. The molecule has 1 aliphatic rings. The number of nitrogens with zero attached hydrogens (tertiary/aromatic N) is 2. The molecule has 8 nitrogen and oxygen atoms in total. The van der Waals surface area contributed by atoms with Gasteiger partial charge in [0.1, 0.15) is 0 Å². The van der Waals surface area contributed by atoms with E-state index in [-0.39, 0.29) is 22.7 Å². The molecule has 0 saturated carbocycles. The Kier molecular flexibility index (Phi) is 5.37. The first kappa shape index (κ1) is 19.8. The molecule has 3 rings (SSSR count). The van der Waals surface area contributed by atoms with Gasteiger partial charge in [-0.25, -0.2) is 8.42 Å². The summed E-state index contributed by atoms with van der Waals surface area (Å²) < 4.78 is 28.5. The highest BCUT2D eigenvalue weighted by Crippen LogP contribution is 2.31. The summed E-state index contributed by atoms with van der Waals surface area (Å²) in [5, 5.41) is 11.3. The van der Waals surface area contributed by atoms with E-state index in [4.69, 9.17) is 0 Å². The fourth-order valence-corrected chi connectivity index (χ4v) is 4.94. The quantitative estimate of drug-likeness (QED) is 0.609. The third kappa shape index (κ3) is 3.70. The first-order valence-corrected chi connectivity index (χ1v) is 10.4. The van der Waals surface area contributed by atoms with Crippen molar-refractivity contribution in [3.8, 4) is 0 Å². The van der Waals surface area contributed by atoms with Crippen molar-refractivity contribution < 1.29 is 18.1 Å². The number of anilines is 1. The lowest BCUT2D eigenvalue weighted by molar-refractivity contribution is -0.387. The molecular formula is C19H21N3O5S. The van der Waals surface area contributed by atoms with E-state index >= 15 is 0 Å². The molecule has 0 bridgehead atoms. The number of nitro benzene ring substituents is 1. The van der Waals surface area contributed by atoms with Crippen LogP contribution in [0.4, 0.5) is 11.4 Å². The smallest absolute Gasteiger partial charge is 0.290 e. The van der Waals surface area contributed by atoms with Crippen LogP contribution in [0.3, 0.4) is 0 Å². The van der Waals surface area contributed by atoms with E-state index in [0.29, 0.717) is 18.7 Å². The normalized spacial score (nSPS) is 14.1. The summed E-state index contributed by atoms with van der Waals surface area (Å²) in [5.74, 6) is -0.252. The molecule has 0 radical (unpaired) electrons. The van der Waals surface area contributed by atoms with Crippen LogP contribution in [0.2, 0.25) is 0 Å². The molecule has 0 aromatic heterocycles. The molecular weight excluding hydrogens is 382 g/mol. The van der Waals surface area contributed by atoms with E-state index in [1.165, 1.54) is 19.1 Å². The molecule has 1 saturated heterocycles. The van der Waals surface area contributed by atoms with E-state index in [1.807, 2.05) is 0 Å². The summed E-state index contributed by atoms with van der Waals surface area (Å²) in [6.45, 7) is 4.44. The highest BCUT2D eigenvalue weighted by atomic mass is 32.2. The van der Waals surface area contributed by atoms with Gasteiger partial charge < -0.3 is 4.90 Å². The Morgan fingerprint density at radius 1 is 1.07 bits per heavy atom. The van der Waals surface area contributed by atoms with Crippen molar-refractivity contribution in [3.63, 3.8) is 0 Å². The molecule has 0 aliphatic carbocycles. The van der Waals surface area contributed by atoms with Crippen molar-refractivity contribution in [3.05, 3.63) is 63.2 Å². The number of likely N-dealkylation sites (tertiary alicyclic amines) is 1. The lowest BCUT2D eigenvalue weighted by Gasteiger charge is -2.20. The van der Waals surface area contributed by atoms with Crippen LogP contribution in [0.5, 0.6) is 0 Å². The van der Waals surface area contributed by atoms with E-state index < -0.39 is 25.5 Å². The van der Waals surface area contributed by atoms with Crippen LogP contribution in [-0.4, -0.2) is 37.2 Å². The monoisotopic (exact) mass is 403 g/mol. The summed E-state index contributed by atoms with van der Waals surface area (Å²) >= 11 is 0. The van der Waals surface area contributed by atoms with Gasteiger partial charge in [-0.05, 0) is 43.9 Å². The van der Waals surface area contributed by atoms with Gasteiger partial charge in [-0.15, -0.1) is 0 Å². The molecule has 1 amide bonds. The number of carbonyl (C=O) groups excluding carboxylic acids is 1. The third-order valence-corrected chi connectivity index (χ3v) is 6.33. The second kappa shape index (κ2) is 7.59. The van der Waals surface area contributed by atoms with Gasteiger partial charge in [0.25, 0.3) is 21.6 Å². The van der Waals surface area contributed by atoms with Gasteiger partial charge >= 0.3 is 0 Å². The topological polar surface area (TPSA) is 110 Å². The van der Waals surface area contributed by atoms with Gasteiger partial charge in [0.2, 0.25) is 0 Å². The van der Waals surface area contributed by atoms with Crippen molar-refractivity contribution in [2.24, 2.45) is 0 Å². The summed E-state index contributed by atoms with van der Waals surface area (Å²) in [7, 11) is -4.28. The number of rotatable bonds is 5. The summed E-state index contributed by atoms with van der Waals surface area (Å²) in [6.07, 6.45) is 1.82. The lowest BCUT2D eigenvalue weighted by atomic mass is 10.1. The Morgan fingerprint density at radius 2 is 1.68 bits per heavy atom. The second-order valence-corrected chi connectivity index (χ2v) is 8.40. The van der Waals surface area contributed by atoms with Gasteiger partial charge in [0.15, 0.2) is 4.90 Å². The van der Waals surface area contributed by atoms with E-state index in [0.717, 1.165) is 18.9 Å². The highest BCUT2D eigenvalue weighted by Gasteiger charge is 2.30. The van der Waals surface area contributed by atoms with Gasteiger partial charge in [0.05, 0.1) is 16.2 Å². The third-order valence-electron chi connectivity index (χ3n) is 4.79. The molecule has 0 atom stereocenters. The van der Waals surface area contributed by atoms with Crippen LogP contribution < -0.4 is 4.72 Å². The largest absolute Gasteiger partial charge is 0.339 e. The molecule has 2 aromatic carbocycles. The van der Waals surface area contributed by atoms with E-state index in [1.54, 1.807) is 30.0 Å². The molecule has 1 aliphatic heterocycles. The van der Waals surface area contributed by atoms with Crippen LogP contribution in [0.15, 0.2) is 41.3 Å². The number of amides is 1. The standard InChI is InChI=1S/C19H21N3O5S/c1-13-7-5-9-15(19(23)21-11-3-4-12-21)17(13)20-28(26,27)18-14(2)8-6-10-16(18)22(24)25/h5-10,20H,3-4,11-12H2,1-2H3. The van der Waals surface area contributed by atoms with Gasteiger partial charge in [-0.3, -0.25) is 19.6 Å². The lowest BCUT2D eigenvalue weighted by Crippen LogP contribution is -2.29. The molecule has 148 valence electrons. The fraction of sp³-hybridized carbons (Fsp3) is 0.316. The van der Waals surface area contributed by atoms with Crippen LogP contribution in [0.25, 0.3) is 0 Å². The highest BCUT2D eigenvalue weighted by molar-refractivity contribution is 7.93. The molecule has 1 heterocycles. The first-order valence-electron chi connectivity index (χ1n) is 8.88. The zero-order chi connectivity index (χ0) is 20.5. The number of hydrogen-bond acceptors (Lipinski definition) is 5. The second-order valence-electron chi connectivity index (χ2n) is 6.78. The minimum absolute atomic E-state index is 0.150. The summed E-state index contributed by atoms with van der Waals surface area (Å²) in [6, 6.07) is 9.02. The number of benzene rings is 2. The number of carbonyl (C=O) groups is 1. The Hall–Kier alpha value is -2.94. The maximum Gasteiger partial charge on any atom is 0.290 e. The Bertz CT molecular complexity index is 1040. The van der Waals surface area contributed by atoms with Crippen molar-refractivity contribution in [1.82, 2.24) is 4.90 Å². The molecule has 0 spiro atoms. The van der Waals surface area contributed by atoms with Gasteiger partial charge in [-0.1, -0.05) is 24.3 Å². The number of nitro groups is 1. The Morgan fingerprint density at radius 3 is 2.32 bits per heavy atom. The maximum atomic E-state index is 13.1. The average Bonchev–Trinajstić information content (AvgIpc) is 3.17. The zero-order valence-corrected chi connectivity index (χ0v) is 16.5. The summed E-state index contributed by atoms with van der Waals surface area (Å²) in [4.78, 5) is 24.8. The number of nitrogens with one attached hydrogen (secondary N) is 1. The maximum absolute atomic E-state index is 13.1. The number of hydrogen-bond donors (Lipinski definition) is 1. The zero-order valence-electron chi connectivity index (χ0n) is 15.6. The van der Waals surface area contributed by atoms with Crippen LogP contribution in [0.1, 0.15) is 34.3 Å². The van der Waals surface area contributed by atoms with Crippen LogP contribution >= 0.6 is 0 Å². The van der Waals surface area contributed by atoms with Crippen molar-refractivity contribution >= 4 is 27.3 Å². The van der Waals surface area contributed by atoms with Gasteiger partial charge in [0, 0.05) is 19.2 Å². The fourth-order valence-electron chi connectivity index (χ4n) is 3.39.